The molecule has 0 aliphatic heterocycles. The Balaban J connectivity index is 1.59. The predicted octanol–water partition coefficient (Wildman–Crippen LogP) is 2.48. The van der Waals surface area contributed by atoms with Gasteiger partial charge in [0.05, 0.1) is 5.69 Å². The van der Waals surface area contributed by atoms with Crippen LogP contribution in [0.4, 0.5) is 5.13 Å². The smallest absolute Gasteiger partial charge is 0.226 e. The van der Waals surface area contributed by atoms with Gasteiger partial charge in [-0.25, -0.2) is 4.98 Å². The van der Waals surface area contributed by atoms with E-state index in [1.165, 1.54) is 30.6 Å². The van der Waals surface area contributed by atoms with E-state index in [4.69, 9.17) is 5.73 Å². The zero-order chi connectivity index (χ0) is 13.2. The Morgan fingerprint density at radius 1 is 1.37 bits per heavy atom. The average Bonchev–Trinajstić information content (AvgIpc) is 2.97. The van der Waals surface area contributed by atoms with E-state index in [9.17, 15) is 4.79 Å². The third-order valence-electron chi connectivity index (χ3n) is 4.17. The van der Waals surface area contributed by atoms with Gasteiger partial charge in [-0.1, -0.05) is 12.8 Å². The summed E-state index contributed by atoms with van der Waals surface area (Å²) in [6.07, 6.45) is 8.49. The summed E-state index contributed by atoms with van der Waals surface area (Å²) < 4.78 is 0. The number of fused-ring (bicyclic) bond motifs is 1. The Labute approximate surface area is 117 Å². The van der Waals surface area contributed by atoms with Crippen molar-refractivity contribution in [1.82, 2.24) is 4.98 Å². The summed E-state index contributed by atoms with van der Waals surface area (Å²) >= 11 is 1.60. The van der Waals surface area contributed by atoms with E-state index in [0.717, 1.165) is 30.1 Å². The number of hydrogen-bond donors (Lipinski definition) is 2. The average molecular weight is 279 g/mol. The molecule has 1 atom stereocenters. The number of aryl methyl sites for hydroxylation is 1. The van der Waals surface area contributed by atoms with Crippen LogP contribution < -0.4 is 11.1 Å². The van der Waals surface area contributed by atoms with Crippen molar-refractivity contribution in [2.75, 3.05) is 5.32 Å². The fraction of sp³-hybridized carbons (Fsp3) is 0.714. The molecule has 1 amide bonds. The molecule has 1 aromatic rings. The predicted molar refractivity (Wildman–Crippen MR) is 77.3 cm³/mol. The molecule has 5 heteroatoms. The topological polar surface area (TPSA) is 68.0 Å². The normalized spacial score (nSPS) is 23.3. The molecule has 0 bridgehead atoms. The van der Waals surface area contributed by atoms with E-state index in [1.807, 2.05) is 0 Å². The van der Waals surface area contributed by atoms with Crippen molar-refractivity contribution < 1.29 is 4.79 Å². The van der Waals surface area contributed by atoms with Gasteiger partial charge in [-0.15, -0.1) is 11.3 Å². The zero-order valence-electron chi connectivity index (χ0n) is 11.2. The third kappa shape index (κ3) is 3.15. The molecule has 0 saturated heterocycles. The first-order valence-electron chi connectivity index (χ1n) is 7.24. The van der Waals surface area contributed by atoms with E-state index in [-0.39, 0.29) is 11.9 Å². The van der Waals surface area contributed by atoms with E-state index in [2.05, 4.69) is 10.3 Å². The molecule has 1 heterocycles. The van der Waals surface area contributed by atoms with Crippen LogP contribution in [-0.4, -0.2) is 16.9 Å². The largest absolute Gasteiger partial charge is 0.327 e. The number of carbonyl (C=O) groups excluding carboxylic acids is 1. The Bertz CT molecular complexity index is 465. The molecule has 2 aliphatic rings. The second-order valence-electron chi connectivity index (χ2n) is 5.79. The highest BCUT2D eigenvalue weighted by Gasteiger charge is 2.22. The van der Waals surface area contributed by atoms with Crippen LogP contribution in [0.1, 0.15) is 49.1 Å². The third-order valence-corrected chi connectivity index (χ3v) is 5.21. The standard InChI is InChI=1S/C14H21N3OS/c15-10-5-6-11-12(8-10)19-14(16-11)17-13(18)7-9-3-1-2-4-9/h9-10H,1-8,15H2,(H,16,17,18)/t10-/m0/s1. The zero-order valence-corrected chi connectivity index (χ0v) is 12.0. The van der Waals surface area contributed by atoms with Crippen molar-refractivity contribution in [1.29, 1.82) is 0 Å². The molecule has 3 N–H and O–H groups in total. The van der Waals surface area contributed by atoms with Gasteiger partial charge in [-0.2, -0.15) is 0 Å². The minimum absolute atomic E-state index is 0.127. The van der Waals surface area contributed by atoms with Crippen LogP contribution in [0.2, 0.25) is 0 Å². The van der Waals surface area contributed by atoms with Gasteiger partial charge in [0.25, 0.3) is 0 Å². The molecule has 3 rings (SSSR count). The molecule has 0 radical (unpaired) electrons. The first-order valence-corrected chi connectivity index (χ1v) is 8.06. The molecule has 19 heavy (non-hydrogen) atoms. The Hall–Kier alpha value is -0.940. The molecule has 1 aromatic heterocycles. The fourth-order valence-electron chi connectivity index (χ4n) is 3.10. The summed E-state index contributed by atoms with van der Waals surface area (Å²) in [5.41, 5.74) is 7.10. The van der Waals surface area contributed by atoms with Crippen LogP contribution in [0, 0.1) is 5.92 Å². The fourth-order valence-corrected chi connectivity index (χ4v) is 4.22. The molecule has 0 aromatic carbocycles. The molecule has 104 valence electrons. The molecule has 2 aliphatic carbocycles. The number of amides is 1. The minimum Gasteiger partial charge on any atom is -0.327 e. The van der Waals surface area contributed by atoms with Crippen molar-refractivity contribution in [3.63, 3.8) is 0 Å². The van der Waals surface area contributed by atoms with E-state index in [1.54, 1.807) is 11.3 Å². The van der Waals surface area contributed by atoms with Gasteiger partial charge in [0.2, 0.25) is 5.91 Å². The highest BCUT2D eigenvalue weighted by Crippen LogP contribution is 2.31. The summed E-state index contributed by atoms with van der Waals surface area (Å²) in [4.78, 5) is 17.8. The number of nitrogens with zero attached hydrogens (tertiary/aromatic N) is 1. The number of thiazole rings is 1. The van der Waals surface area contributed by atoms with E-state index >= 15 is 0 Å². The van der Waals surface area contributed by atoms with Crippen molar-refractivity contribution in [3.05, 3.63) is 10.6 Å². The minimum atomic E-state index is 0.127. The van der Waals surface area contributed by atoms with Crippen LogP contribution in [0.5, 0.6) is 0 Å². The molecular formula is C14H21N3OS. The number of anilines is 1. The van der Waals surface area contributed by atoms with Crippen LogP contribution in [0.25, 0.3) is 0 Å². The van der Waals surface area contributed by atoms with Crippen molar-refractivity contribution in [2.24, 2.45) is 11.7 Å². The lowest BCUT2D eigenvalue weighted by Gasteiger charge is -2.15. The monoisotopic (exact) mass is 279 g/mol. The molecule has 0 unspecified atom stereocenters. The first kappa shape index (κ1) is 13.1. The second-order valence-corrected chi connectivity index (χ2v) is 6.88. The first-order chi connectivity index (χ1) is 9.20. The number of aromatic nitrogens is 1. The summed E-state index contributed by atoms with van der Waals surface area (Å²) in [5.74, 6) is 0.713. The van der Waals surface area contributed by atoms with Gasteiger partial charge in [0.1, 0.15) is 0 Å². The summed E-state index contributed by atoms with van der Waals surface area (Å²) in [5, 5.41) is 3.73. The molecule has 1 fully saturated rings. The summed E-state index contributed by atoms with van der Waals surface area (Å²) in [7, 11) is 0. The van der Waals surface area contributed by atoms with Crippen LogP contribution in [0.3, 0.4) is 0 Å². The van der Waals surface area contributed by atoms with E-state index < -0.39 is 0 Å². The summed E-state index contributed by atoms with van der Waals surface area (Å²) in [6, 6.07) is 0.259. The Morgan fingerprint density at radius 3 is 2.95 bits per heavy atom. The number of nitrogens with two attached hydrogens (primary N) is 1. The van der Waals surface area contributed by atoms with Gasteiger partial charge in [0.15, 0.2) is 5.13 Å². The van der Waals surface area contributed by atoms with Crippen molar-refractivity contribution >= 4 is 22.4 Å². The summed E-state index contributed by atoms with van der Waals surface area (Å²) in [6.45, 7) is 0. The lowest BCUT2D eigenvalue weighted by Crippen LogP contribution is -2.27. The Morgan fingerprint density at radius 2 is 2.16 bits per heavy atom. The van der Waals surface area contributed by atoms with Gasteiger partial charge >= 0.3 is 0 Å². The van der Waals surface area contributed by atoms with Gasteiger partial charge in [0, 0.05) is 17.3 Å². The second kappa shape index (κ2) is 5.59. The number of carbonyl (C=O) groups is 1. The number of nitrogens with one attached hydrogen (secondary N) is 1. The number of hydrogen-bond acceptors (Lipinski definition) is 4. The van der Waals surface area contributed by atoms with Gasteiger partial charge in [-0.3, -0.25) is 4.79 Å². The maximum absolute atomic E-state index is 12.0. The lowest BCUT2D eigenvalue weighted by atomic mass is 9.99. The lowest BCUT2D eigenvalue weighted by molar-refractivity contribution is -0.117. The van der Waals surface area contributed by atoms with Crippen molar-refractivity contribution in [2.45, 2.75) is 57.4 Å². The highest BCUT2D eigenvalue weighted by atomic mass is 32.1. The maximum Gasteiger partial charge on any atom is 0.226 e. The van der Waals surface area contributed by atoms with Crippen molar-refractivity contribution in [3.8, 4) is 0 Å². The molecule has 1 saturated carbocycles. The van der Waals surface area contributed by atoms with E-state index in [0.29, 0.717) is 12.3 Å². The highest BCUT2D eigenvalue weighted by molar-refractivity contribution is 7.15. The Kier molecular flexibility index (Phi) is 3.84. The van der Waals surface area contributed by atoms with Gasteiger partial charge in [-0.05, 0) is 38.0 Å². The van der Waals surface area contributed by atoms with Crippen LogP contribution in [-0.2, 0) is 17.6 Å². The molecular weight excluding hydrogens is 258 g/mol. The quantitative estimate of drug-likeness (QED) is 0.893. The number of rotatable bonds is 3. The van der Waals surface area contributed by atoms with Gasteiger partial charge < -0.3 is 11.1 Å². The van der Waals surface area contributed by atoms with Crippen LogP contribution >= 0.6 is 11.3 Å². The SMILES string of the molecule is N[C@H]1CCc2nc(NC(=O)CC3CCCC3)sc2C1. The van der Waals surface area contributed by atoms with Crippen LogP contribution in [0.15, 0.2) is 0 Å². The molecule has 4 nitrogen and oxygen atoms in total. The molecule has 0 spiro atoms. The maximum atomic E-state index is 12.0.